The van der Waals surface area contributed by atoms with Gasteiger partial charge < -0.3 is 4.90 Å². The summed E-state index contributed by atoms with van der Waals surface area (Å²) in [6.45, 7) is 4.19. The van der Waals surface area contributed by atoms with Crippen molar-refractivity contribution >= 4 is 21.7 Å². The van der Waals surface area contributed by atoms with Gasteiger partial charge in [0.15, 0.2) is 11.6 Å². The van der Waals surface area contributed by atoms with E-state index in [1.54, 1.807) is 12.1 Å². The van der Waals surface area contributed by atoms with Gasteiger partial charge in [-0.15, -0.1) is 10.2 Å². The Kier molecular flexibility index (Phi) is 3.70. The molecular weight excluding hydrogens is 252 g/mol. The molecule has 0 bridgehead atoms. The maximum Gasteiger partial charge on any atom is 0.231 e. The van der Waals surface area contributed by atoms with E-state index in [1.807, 2.05) is 0 Å². The van der Waals surface area contributed by atoms with Crippen molar-refractivity contribution in [1.29, 1.82) is 0 Å². The second kappa shape index (κ2) is 5.09. The molecule has 100 valence electrons. The molecule has 1 N–H and O–H groups in total. The van der Waals surface area contributed by atoms with Gasteiger partial charge in [-0.1, -0.05) is 6.92 Å². The molecule has 1 unspecified atom stereocenters. The van der Waals surface area contributed by atoms with Crippen molar-refractivity contribution in [2.75, 3.05) is 29.0 Å². The molecule has 0 spiro atoms. The number of hydrogen-bond acceptors (Lipinski definition) is 5. The Hall–Kier alpha value is -1.37. The number of piperidine rings is 1. The van der Waals surface area contributed by atoms with Crippen molar-refractivity contribution in [3.05, 3.63) is 12.1 Å². The van der Waals surface area contributed by atoms with Crippen molar-refractivity contribution in [1.82, 2.24) is 10.2 Å². The zero-order valence-corrected chi connectivity index (χ0v) is 11.4. The number of nitrogens with zero attached hydrogens (tertiary/aromatic N) is 3. The summed E-state index contributed by atoms with van der Waals surface area (Å²) in [5.41, 5.74) is 0. The van der Waals surface area contributed by atoms with Gasteiger partial charge in [-0.3, -0.25) is 4.72 Å². The minimum atomic E-state index is -3.29. The Morgan fingerprint density at radius 1 is 1.39 bits per heavy atom. The fraction of sp³-hybridized carbons (Fsp3) is 0.636. The molecule has 1 fully saturated rings. The maximum atomic E-state index is 11.0. The Morgan fingerprint density at radius 3 is 2.72 bits per heavy atom. The van der Waals surface area contributed by atoms with E-state index in [-0.39, 0.29) is 5.82 Å². The lowest BCUT2D eigenvalue weighted by Gasteiger charge is -2.31. The van der Waals surface area contributed by atoms with Crippen LogP contribution in [0, 0.1) is 5.92 Å². The number of nitrogens with one attached hydrogen (secondary N) is 1. The molecule has 1 saturated heterocycles. The Balaban J connectivity index is 2.07. The molecule has 0 saturated carbocycles. The highest BCUT2D eigenvalue weighted by Gasteiger charge is 2.17. The van der Waals surface area contributed by atoms with Crippen LogP contribution in [-0.4, -0.2) is 38.0 Å². The van der Waals surface area contributed by atoms with Gasteiger partial charge in [-0.2, -0.15) is 0 Å². The molecule has 2 heterocycles. The topological polar surface area (TPSA) is 75.2 Å². The molecule has 1 atom stereocenters. The molecule has 6 nitrogen and oxygen atoms in total. The summed E-state index contributed by atoms with van der Waals surface area (Å²) in [7, 11) is -3.29. The first-order chi connectivity index (χ1) is 8.44. The minimum Gasteiger partial charge on any atom is -0.355 e. The summed E-state index contributed by atoms with van der Waals surface area (Å²) in [6.07, 6.45) is 3.50. The summed E-state index contributed by atoms with van der Waals surface area (Å²) >= 11 is 0. The summed E-state index contributed by atoms with van der Waals surface area (Å²) in [5.74, 6) is 1.72. The molecule has 7 heteroatoms. The van der Waals surface area contributed by atoms with Crippen LogP contribution in [0.4, 0.5) is 11.6 Å². The SMILES string of the molecule is CC1CCCN(c2ccc(NS(C)(=O)=O)nn2)C1. The van der Waals surface area contributed by atoms with E-state index in [9.17, 15) is 8.42 Å². The summed E-state index contributed by atoms with van der Waals surface area (Å²) in [4.78, 5) is 2.19. The summed E-state index contributed by atoms with van der Waals surface area (Å²) < 4.78 is 24.4. The van der Waals surface area contributed by atoms with E-state index in [2.05, 4.69) is 26.7 Å². The fourth-order valence-corrected chi connectivity index (χ4v) is 2.62. The van der Waals surface area contributed by atoms with E-state index in [4.69, 9.17) is 0 Å². The van der Waals surface area contributed by atoms with E-state index in [1.165, 1.54) is 6.42 Å². The molecule has 1 aromatic rings. The van der Waals surface area contributed by atoms with Crippen LogP contribution in [0.3, 0.4) is 0 Å². The van der Waals surface area contributed by atoms with Crippen LogP contribution in [-0.2, 0) is 10.0 Å². The minimum absolute atomic E-state index is 0.256. The summed E-state index contributed by atoms with van der Waals surface area (Å²) in [6, 6.07) is 3.45. The third kappa shape index (κ3) is 3.56. The monoisotopic (exact) mass is 270 g/mol. The van der Waals surface area contributed by atoms with Crippen LogP contribution in [0.2, 0.25) is 0 Å². The second-order valence-corrected chi connectivity index (χ2v) is 6.59. The average molecular weight is 270 g/mol. The molecular formula is C11H18N4O2S. The van der Waals surface area contributed by atoms with Crippen LogP contribution >= 0.6 is 0 Å². The molecule has 0 amide bonds. The highest BCUT2D eigenvalue weighted by Crippen LogP contribution is 2.21. The van der Waals surface area contributed by atoms with Crippen LogP contribution in [0.5, 0.6) is 0 Å². The Labute approximate surface area is 107 Å². The molecule has 18 heavy (non-hydrogen) atoms. The van der Waals surface area contributed by atoms with Gasteiger partial charge in [0.2, 0.25) is 10.0 Å². The first-order valence-electron chi connectivity index (χ1n) is 6.00. The lowest BCUT2D eigenvalue weighted by Crippen LogP contribution is -2.34. The van der Waals surface area contributed by atoms with E-state index >= 15 is 0 Å². The Morgan fingerprint density at radius 2 is 2.17 bits per heavy atom. The highest BCUT2D eigenvalue weighted by molar-refractivity contribution is 7.92. The predicted octanol–water partition coefficient (Wildman–Crippen LogP) is 1.08. The number of rotatable bonds is 3. The predicted molar refractivity (Wildman–Crippen MR) is 71.1 cm³/mol. The first kappa shape index (κ1) is 13.1. The third-order valence-corrected chi connectivity index (χ3v) is 3.50. The number of aromatic nitrogens is 2. The molecule has 1 aliphatic rings. The zero-order chi connectivity index (χ0) is 13.2. The fourth-order valence-electron chi connectivity index (χ4n) is 2.14. The lowest BCUT2D eigenvalue weighted by molar-refractivity contribution is 0.444. The van der Waals surface area contributed by atoms with Gasteiger partial charge in [0.25, 0.3) is 0 Å². The van der Waals surface area contributed by atoms with Crippen molar-refractivity contribution in [2.45, 2.75) is 19.8 Å². The zero-order valence-electron chi connectivity index (χ0n) is 10.6. The molecule has 0 aromatic carbocycles. The molecule has 0 aliphatic carbocycles. The maximum absolute atomic E-state index is 11.0. The summed E-state index contributed by atoms with van der Waals surface area (Å²) in [5, 5.41) is 7.95. The molecule has 2 rings (SSSR count). The van der Waals surface area contributed by atoms with Gasteiger partial charge in [-0.25, -0.2) is 8.42 Å². The van der Waals surface area contributed by atoms with Crippen molar-refractivity contribution in [2.24, 2.45) is 5.92 Å². The van der Waals surface area contributed by atoms with Crippen molar-refractivity contribution in [3.8, 4) is 0 Å². The van der Waals surface area contributed by atoms with Gasteiger partial charge in [0.05, 0.1) is 6.26 Å². The highest BCUT2D eigenvalue weighted by atomic mass is 32.2. The van der Waals surface area contributed by atoms with Crippen LogP contribution in [0.25, 0.3) is 0 Å². The quantitative estimate of drug-likeness (QED) is 0.889. The molecule has 0 radical (unpaired) electrons. The van der Waals surface area contributed by atoms with Gasteiger partial charge in [0.1, 0.15) is 0 Å². The number of sulfonamides is 1. The van der Waals surface area contributed by atoms with Gasteiger partial charge in [0, 0.05) is 13.1 Å². The number of hydrogen-bond donors (Lipinski definition) is 1. The van der Waals surface area contributed by atoms with Crippen molar-refractivity contribution in [3.63, 3.8) is 0 Å². The van der Waals surface area contributed by atoms with E-state index in [0.29, 0.717) is 5.92 Å². The van der Waals surface area contributed by atoms with Crippen LogP contribution in [0.15, 0.2) is 12.1 Å². The largest absolute Gasteiger partial charge is 0.355 e. The first-order valence-corrected chi connectivity index (χ1v) is 7.89. The lowest BCUT2D eigenvalue weighted by atomic mass is 10.0. The number of anilines is 2. The van der Waals surface area contributed by atoms with Crippen LogP contribution < -0.4 is 9.62 Å². The van der Waals surface area contributed by atoms with E-state index < -0.39 is 10.0 Å². The molecule has 1 aliphatic heterocycles. The van der Waals surface area contributed by atoms with Gasteiger partial charge >= 0.3 is 0 Å². The van der Waals surface area contributed by atoms with E-state index in [0.717, 1.165) is 31.6 Å². The van der Waals surface area contributed by atoms with Crippen LogP contribution in [0.1, 0.15) is 19.8 Å². The smallest absolute Gasteiger partial charge is 0.231 e. The van der Waals surface area contributed by atoms with Crippen molar-refractivity contribution < 1.29 is 8.42 Å². The third-order valence-electron chi connectivity index (χ3n) is 2.92. The molecule has 1 aromatic heterocycles. The second-order valence-electron chi connectivity index (χ2n) is 4.84. The Bertz CT molecular complexity index is 500. The van der Waals surface area contributed by atoms with Gasteiger partial charge in [-0.05, 0) is 30.9 Å². The average Bonchev–Trinajstić information content (AvgIpc) is 2.28. The standard InChI is InChI=1S/C11H18N4O2S/c1-9-4-3-7-15(8-9)11-6-5-10(12-13-11)14-18(2,16)17/h5-6,9H,3-4,7-8H2,1-2H3,(H,12,14). The normalized spacial score (nSPS) is 20.8.